The summed E-state index contributed by atoms with van der Waals surface area (Å²) in [5, 5.41) is 3.43. The van der Waals surface area contributed by atoms with Crippen LogP contribution in [-0.4, -0.2) is 14.2 Å². The van der Waals surface area contributed by atoms with Gasteiger partial charge in [0.1, 0.15) is 0 Å². The second-order valence-corrected chi connectivity index (χ2v) is 7.04. The van der Waals surface area contributed by atoms with Crippen LogP contribution in [0.4, 0.5) is 25.8 Å². The SMILES string of the molecule is Nc1c(Cl)cc(Nc2ccc(S(=O)(=O)C(F)F)cc2)cc1Cl. The molecule has 0 aromatic heterocycles. The molecule has 0 atom stereocenters. The number of sulfone groups is 1. The summed E-state index contributed by atoms with van der Waals surface area (Å²) in [6.45, 7) is 0. The summed E-state index contributed by atoms with van der Waals surface area (Å²) in [4.78, 5) is -0.457. The smallest absolute Gasteiger partial charge is 0.341 e. The molecule has 2 aromatic carbocycles. The van der Waals surface area contributed by atoms with Crippen LogP contribution < -0.4 is 11.1 Å². The average Bonchev–Trinajstić information content (AvgIpc) is 2.45. The van der Waals surface area contributed by atoms with Gasteiger partial charge in [0, 0.05) is 11.4 Å². The maximum atomic E-state index is 12.4. The maximum Gasteiger partial charge on any atom is 0.341 e. The van der Waals surface area contributed by atoms with Gasteiger partial charge in [-0.05, 0) is 36.4 Å². The predicted molar refractivity (Wildman–Crippen MR) is 83.8 cm³/mol. The minimum atomic E-state index is -4.61. The lowest BCUT2D eigenvalue weighted by Crippen LogP contribution is -2.11. The van der Waals surface area contributed by atoms with E-state index in [0.717, 1.165) is 12.1 Å². The third-order valence-corrected chi connectivity index (χ3v) is 4.81. The van der Waals surface area contributed by atoms with Crippen molar-refractivity contribution in [1.82, 2.24) is 0 Å². The Morgan fingerprint density at radius 3 is 1.95 bits per heavy atom. The van der Waals surface area contributed by atoms with Crippen LogP contribution in [0.5, 0.6) is 0 Å². The molecule has 0 unspecified atom stereocenters. The van der Waals surface area contributed by atoms with E-state index in [1.807, 2.05) is 0 Å². The maximum absolute atomic E-state index is 12.4. The number of benzene rings is 2. The summed E-state index contributed by atoms with van der Waals surface area (Å²) >= 11 is 11.8. The third kappa shape index (κ3) is 3.43. The molecule has 118 valence electrons. The Morgan fingerprint density at radius 1 is 1.00 bits per heavy atom. The summed E-state index contributed by atoms with van der Waals surface area (Å²) in [5.74, 6) is -3.46. The van der Waals surface area contributed by atoms with Crippen molar-refractivity contribution < 1.29 is 17.2 Å². The largest absolute Gasteiger partial charge is 0.396 e. The van der Waals surface area contributed by atoms with Gasteiger partial charge in [0.25, 0.3) is 0 Å². The molecule has 0 aliphatic heterocycles. The number of hydrogen-bond acceptors (Lipinski definition) is 4. The molecule has 0 saturated heterocycles. The highest BCUT2D eigenvalue weighted by atomic mass is 35.5. The van der Waals surface area contributed by atoms with Crippen LogP contribution in [0.2, 0.25) is 10.0 Å². The van der Waals surface area contributed by atoms with E-state index in [4.69, 9.17) is 28.9 Å². The van der Waals surface area contributed by atoms with Crippen molar-refractivity contribution in [2.45, 2.75) is 10.7 Å². The molecule has 0 saturated carbocycles. The van der Waals surface area contributed by atoms with Gasteiger partial charge < -0.3 is 11.1 Å². The summed E-state index contributed by atoms with van der Waals surface area (Å²) in [5.41, 5.74) is 6.85. The normalized spacial score (nSPS) is 11.7. The van der Waals surface area contributed by atoms with Gasteiger partial charge in [0.05, 0.1) is 20.6 Å². The molecule has 4 nitrogen and oxygen atoms in total. The van der Waals surface area contributed by atoms with Crippen LogP contribution in [0.3, 0.4) is 0 Å². The van der Waals surface area contributed by atoms with E-state index in [1.54, 1.807) is 0 Å². The van der Waals surface area contributed by atoms with E-state index >= 15 is 0 Å². The van der Waals surface area contributed by atoms with Crippen molar-refractivity contribution in [2.24, 2.45) is 0 Å². The Kier molecular flexibility index (Phi) is 4.79. The van der Waals surface area contributed by atoms with E-state index in [0.29, 0.717) is 11.4 Å². The van der Waals surface area contributed by atoms with Crippen molar-refractivity contribution in [2.75, 3.05) is 11.1 Å². The van der Waals surface area contributed by atoms with Crippen LogP contribution in [-0.2, 0) is 9.84 Å². The zero-order valence-electron chi connectivity index (χ0n) is 10.9. The van der Waals surface area contributed by atoms with Gasteiger partial charge in [-0.2, -0.15) is 8.78 Å². The minimum absolute atomic E-state index is 0.243. The van der Waals surface area contributed by atoms with Gasteiger partial charge in [-0.15, -0.1) is 0 Å². The number of anilines is 3. The molecule has 3 N–H and O–H groups in total. The molecule has 2 rings (SSSR count). The number of rotatable bonds is 4. The van der Waals surface area contributed by atoms with E-state index in [2.05, 4.69) is 5.32 Å². The molecule has 0 fully saturated rings. The zero-order valence-corrected chi connectivity index (χ0v) is 13.2. The van der Waals surface area contributed by atoms with Crippen molar-refractivity contribution >= 4 is 50.1 Å². The Labute approximate surface area is 135 Å². The lowest BCUT2D eigenvalue weighted by Gasteiger charge is -2.10. The number of nitrogens with one attached hydrogen (secondary N) is 1. The average molecular weight is 367 g/mol. The minimum Gasteiger partial charge on any atom is -0.396 e. The fraction of sp³-hybridized carbons (Fsp3) is 0.0769. The van der Waals surface area contributed by atoms with E-state index in [1.165, 1.54) is 24.3 Å². The van der Waals surface area contributed by atoms with Gasteiger partial charge in [-0.3, -0.25) is 0 Å². The van der Waals surface area contributed by atoms with Crippen LogP contribution in [0.25, 0.3) is 0 Å². The molecule has 22 heavy (non-hydrogen) atoms. The first-order chi connectivity index (χ1) is 10.2. The molecular weight excluding hydrogens is 357 g/mol. The van der Waals surface area contributed by atoms with Crippen LogP contribution in [0.15, 0.2) is 41.3 Å². The van der Waals surface area contributed by atoms with Crippen molar-refractivity contribution in [1.29, 1.82) is 0 Å². The first kappa shape index (κ1) is 16.8. The first-order valence-electron chi connectivity index (χ1n) is 5.85. The molecule has 0 aliphatic carbocycles. The van der Waals surface area contributed by atoms with Crippen LogP contribution in [0, 0.1) is 0 Å². The monoisotopic (exact) mass is 366 g/mol. The van der Waals surface area contributed by atoms with E-state index in [-0.39, 0.29) is 15.7 Å². The molecule has 0 amide bonds. The third-order valence-electron chi connectivity index (χ3n) is 2.79. The number of alkyl halides is 2. The molecule has 0 heterocycles. The molecule has 0 bridgehead atoms. The van der Waals surface area contributed by atoms with Crippen LogP contribution in [0.1, 0.15) is 0 Å². The standard InChI is InChI=1S/C13H10Cl2F2N2O2S/c14-10-5-8(6-11(15)12(10)18)19-7-1-3-9(4-2-7)22(20,21)13(16)17/h1-6,13,19H,18H2. The molecule has 0 spiro atoms. The molecule has 0 aliphatic rings. The summed E-state index contributed by atoms with van der Waals surface area (Å²) in [6, 6.07) is 7.95. The number of hydrogen-bond donors (Lipinski definition) is 2. The lowest BCUT2D eigenvalue weighted by molar-refractivity contribution is 0.234. The van der Waals surface area contributed by atoms with E-state index in [9.17, 15) is 17.2 Å². The fourth-order valence-corrected chi connectivity index (χ4v) is 2.86. The highest BCUT2D eigenvalue weighted by molar-refractivity contribution is 7.91. The van der Waals surface area contributed by atoms with E-state index < -0.39 is 20.5 Å². The zero-order chi connectivity index (χ0) is 16.5. The molecule has 9 heteroatoms. The van der Waals surface area contributed by atoms with Gasteiger partial charge >= 0.3 is 5.76 Å². The number of halogens is 4. The van der Waals surface area contributed by atoms with Crippen molar-refractivity contribution in [3.63, 3.8) is 0 Å². The van der Waals surface area contributed by atoms with Gasteiger partial charge in [-0.25, -0.2) is 8.42 Å². The second kappa shape index (κ2) is 6.28. The summed E-state index contributed by atoms with van der Waals surface area (Å²) in [7, 11) is -4.61. The topological polar surface area (TPSA) is 72.2 Å². The van der Waals surface area contributed by atoms with Crippen LogP contribution >= 0.6 is 23.2 Å². The molecule has 0 radical (unpaired) electrons. The van der Waals surface area contributed by atoms with Gasteiger partial charge in [0.2, 0.25) is 9.84 Å². The predicted octanol–water partition coefficient (Wildman–Crippen LogP) is 4.32. The summed E-state index contributed by atoms with van der Waals surface area (Å²) in [6.07, 6.45) is 0. The molecule has 2 aromatic rings. The van der Waals surface area contributed by atoms with Crippen molar-refractivity contribution in [3.8, 4) is 0 Å². The quantitative estimate of drug-likeness (QED) is 0.790. The van der Waals surface area contributed by atoms with Gasteiger partial charge in [-0.1, -0.05) is 23.2 Å². The number of nitrogen functional groups attached to an aromatic ring is 1. The van der Waals surface area contributed by atoms with Gasteiger partial charge in [0.15, 0.2) is 0 Å². The Bertz CT molecular complexity index is 773. The Hall–Kier alpha value is -1.57. The first-order valence-corrected chi connectivity index (χ1v) is 8.15. The van der Waals surface area contributed by atoms with Crippen molar-refractivity contribution in [3.05, 3.63) is 46.4 Å². The highest BCUT2D eigenvalue weighted by Gasteiger charge is 2.26. The lowest BCUT2D eigenvalue weighted by atomic mass is 10.2. The second-order valence-electron chi connectivity index (χ2n) is 4.31. The highest BCUT2D eigenvalue weighted by Crippen LogP contribution is 2.32. The molecular formula is C13H10Cl2F2N2O2S. The summed E-state index contributed by atoms with van der Waals surface area (Å²) < 4.78 is 47.5. The number of nitrogens with two attached hydrogens (primary N) is 1. The Balaban J connectivity index is 2.26. The fourth-order valence-electron chi connectivity index (χ4n) is 1.65. The Morgan fingerprint density at radius 2 is 1.50 bits per heavy atom.